The molecule has 1 aromatic heterocycles. The maximum Gasteiger partial charge on any atom is 0.254 e. The zero-order chi connectivity index (χ0) is 16.7. The summed E-state index contributed by atoms with van der Waals surface area (Å²) in [4.78, 5) is 27.3. The van der Waals surface area contributed by atoms with Gasteiger partial charge in [-0.3, -0.25) is 9.59 Å². The Bertz CT molecular complexity index is 660. The topological polar surface area (TPSA) is 88.9 Å². The molecule has 2 aromatic rings. The van der Waals surface area contributed by atoms with Crippen LogP contribution in [0.1, 0.15) is 29.7 Å². The Morgan fingerprint density at radius 3 is 2.78 bits per heavy atom. The van der Waals surface area contributed by atoms with E-state index in [1.807, 2.05) is 6.92 Å². The van der Waals surface area contributed by atoms with Crippen molar-refractivity contribution in [3.8, 4) is 0 Å². The normalized spacial score (nSPS) is 11.7. The van der Waals surface area contributed by atoms with Crippen LogP contribution in [0.3, 0.4) is 0 Å². The third-order valence-electron chi connectivity index (χ3n) is 3.24. The summed E-state index contributed by atoms with van der Waals surface area (Å²) in [6.45, 7) is 2.44. The van der Waals surface area contributed by atoms with Crippen LogP contribution >= 0.6 is 0 Å². The fraction of sp³-hybridized carbons (Fsp3) is 0.333. The molecule has 7 nitrogen and oxygen atoms in total. The highest BCUT2D eigenvalue weighted by Crippen LogP contribution is 2.05. The first-order valence-corrected chi connectivity index (χ1v) is 7.21. The van der Waals surface area contributed by atoms with E-state index in [2.05, 4.69) is 20.7 Å². The number of rotatable bonds is 7. The number of amides is 2. The second-order valence-corrected chi connectivity index (χ2v) is 5.01. The van der Waals surface area contributed by atoms with Gasteiger partial charge in [0.25, 0.3) is 5.91 Å². The van der Waals surface area contributed by atoms with E-state index in [0.29, 0.717) is 6.54 Å². The van der Waals surface area contributed by atoms with Crippen LogP contribution in [0.5, 0.6) is 0 Å². The molecule has 1 unspecified atom stereocenters. The van der Waals surface area contributed by atoms with Gasteiger partial charge in [0.15, 0.2) is 0 Å². The van der Waals surface area contributed by atoms with E-state index >= 15 is 0 Å². The van der Waals surface area contributed by atoms with Crippen molar-refractivity contribution in [3.05, 3.63) is 48.3 Å². The predicted molar refractivity (Wildman–Crippen MR) is 81.1 cm³/mol. The average molecular weight is 319 g/mol. The SMILES string of the molecule is CC(CNC(=O)CCNC(=O)c1ccccc1F)n1cncn1. The summed E-state index contributed by atoms with van der Waals surface area (Å²) < 4.78 is 15.1. The maximum atomic E-state index is 13.4. The van der Waals surface area contributed by atoms with Crippen molar-refractivity contribution in [2.75, 3.05) is 13.1 Å². The number of hydrogen-bond acceptors (Lipinski definition) is 4. The molecule has 1 atom stereocenters. The molecule has 122 valence electrons. The lowest BCUT2D eigenvalue weighted by atomic mass is 10.2. The van der Waals surface area contributed by atoms with Crippen molar-refractivity contribution >= 4 is 11.8 Å². The van der Waals surface area contributed by atoms with E-state index in [0.717, 1.165) is 0 Å². The fourth-order valence-corrected chi connectivity index (χ4v) is 1.92. The third kappa shape index (κ3) is 4.87. The summed E-state index contributed by atoms with van der Waals surface area (Å²) in [6.07, 6.45) is 3.12. The molecule has 1 aromatic carbocycles. The molecule has 2 N–H and O–H groups in total. The molecule has 0 radical (unpaired) electrons. The van der Waals surface area contributed by atoms with Gasteiger partial charge in [-0.25, -0.2) is 14.1 Å². The quantitative estimate of drug-likeness (QED) is 0.794. The molecule has 1 heterocycles. The molecule has 0 spiro atoms. The summed E-state index contributed by atoms with van der Waals surface area (Å²) >= 11 is 0. The number of halogens is 1. The van der Waals surface area contributed by atoms with Gasteiger partial charge >= 0.3 is 0 Å². The van der Waals surface area contributed by atoms with Crippen LogP contribution in [0.4, 0.5) is 4.39 Å². The van der Waals surface area contributed by atoms with Crippen LogP contribution in [0.15, 0.2) is 36.9 Å². The molecule has 0 aliphatic rings. The highest BCUT2D eigenvalue weighted by molar-refractivity contribution is 5.94. The van der Waals surface area contributed by atoms with Crippen molar-refractivity contribution < 1.29 is 14.0 Å². The summed E-state index contributed by atoms with van der Waals surface area (Å²) in [7, 11) is 0. The first kappa shape index (κ1) is 16.6. The smallest absolute Gasteiger partial charge is 0.254 e. The summed E-state index contributed by atoms with van der Waals surface area (Å²) in [5.74, 6) is -1.33. The molecule has 23 heavy (non-hydrogen) atoms. The highest BCUT2D eigenvalue weighted by Gasteiger charge is 2.11. The molecule has 0 fully saturated rings. The molecule has 0 aliphatic carbocycles. The van der Waals surface area contributed by atoms with Crippen molar-refractivity contribution in [3.63, 3.8) is 0 Å². The van der Waals surface area contributed by atoms with E-state index in [9.17, 15) is 14.0 Å². The lowest BCUT2D eigenvalue weighted by Gasteiger charge is -2.12. The molecular weight excluding hydrogens is 301 g/mol. The van der Waals surface area contributed by atoms with Crippen LogP contribution in [0.25, 0.3) is 0 Å². The summed E-state index contributed by atoms with van der Waals surface area (Å²) in [6, 6.07) is 5.68. The van der Waals surface area contributed by atoms with Gasteiger partial charge in [-0.15, -0.1) is 0 Å². The zero-order valence-electron chi connectivity index (χ0n) is 12.7. The Morgan fingerprint density at radius 2 is 2.09 bits per heavy atom. The number of carbonyl (C=O) groups excluding carboxylic acids is 2. The Hall–Kier alpha value is -2.77. The number of nitrogens with one attached hydrogen (secondary N) is 2. The van der Waals surface area contributed by atoms with Gasteiger partial charge in [-0.05, 0) is 19.1 Å². The predicted octanol–water partition coefficient (Wildman–Crippen LogP) is 0.914. The van der Waals surface area contributed by atoms with Crippen LogP contribution in [-0.2, 0) is 4.79 Å². The average Bonchev–Trinajstić information content (AvgIpc) is 3.07. The summed E-state index contributed by atoms with van der Waals surface area (Å²) in [5, 5.41) is 9.24. The third-order valence-corrected chi connectivity index (χ3v) is 3.24. The van der Waals surface area contributed by atoms with E-state index in [4.69, 9.17) is 0 Å². The molecule has 0 bridgehead atoms. The number of nitrogens with zero attached hydrogens (tertiary/aromatic N) is 3. The second kappa shape index (κ2) is 8.02. The minimum atomic E-state index is -0.587. The second-order valence-electron chi connectivity index (χ2n) is 5.01. The first-order valence-electron chi connectivity index (χ1n) is 7.21. The van der Waals surface area contributed by atoms with E-state index < -0.39 is 11.7 Å². The molecule has 0 saturated carbocycles. The number of carbonyl (C=O) groups is 2. The standard InChI is InChI=1S/C15H18FN5O2/c1-11(21-10-17-9-20-21)8-19-14(22)6-7-18-15(23)12-4-2-3-5-13(12)16/h2-5,9-11H,6-8H2,1H3,(H,18,23)(H,19,22). The lowest BCUT2D eigenvalue weighted by Crippen LogP contribution is -2.33. The van der Waals surface area contributed by atoms with Crippen molar-refractivity contribution in [1.29, 1.82) is 0 Å². The molecule has 2 amide bonds. The molecule has 0 aliphatic heterocycles. The molecule has 2 rings (SSSR count). The Balaban J connectivity index is 1.69. The number of benzene rings is 1. The fourth-order valence-electron chi connectivity index (χ4n) is 1.92. The molecule has 8 heteroatoms. The van der Waals surface area contributed by atoms with Crippen LogP contribution < -0.4 is 10.6 Å². The van der Waals surface area contributed by atoms with Gasteiger partial charge in [0.1, 0.15) is 18.5 Å². The van der Waals surface area contributed by atoms with Gasteiger partial charge in [0.2, 0.25) is 5.91 Å². The van der Waals surface area contributed by atoms with Gasteiger partial charge in [0, 0.05) is 19.5 Å². The van der Waals surface area contributed by atoms with Crippen LogP contribution in [0.2, 0.25) is 0 Å². The van der Waals surface area contributed by atoms with E-state index in [1.165, 1.54) is 24.5 Å². The number of aromatic nitrogens is 3. The van der Waals surface area contributed by atoms with Crippen molar-refractivity contribution in [1.82, 2.24) is 25.4 Å². The Morgan fingerprint density at radius 1 is 1.30 bits per heavy atom. The summed E-state index contributed by atoms with van der Waals surface area (Å²) in [5.41, 5.74) is -0.0345. The molecular formula is C15H18FN5O2. The van der Waals surface area contributed by atoms with E-state index in [1.54, 1.807) is 17.1 Å². The van der Waals surface area contributed by atoms with E-state index in [-0.39, 0.29) is 30.5 Å². The van der Waals surface area contributed by atoms with Crippen LogP contribution in [0, 0.1) is 5.82 Å². The zero-order valence-corrected chi connectivity index (χ0v) is 12.7. The molecule has 0 saturated heterocycles. The Labute approximate surface area is 132 Å². The van der Waals surface area contributed by atoms with Gasteiger partial charge in [-0.2, -0.15) is 5.10 Å². The van der Waals surface area contributed by atoms with Gasteiger partial charge in [-0.1, -0.05) is 12.1 Å². The van der Waals surface area contributed by atoms with Crippen molar-refractivity contribution in [2.45, 2.75) is 19.4 Å². The minimum Gasteiger partial charge on any atom is -0.354 e. The number of hydrogen-bond donors (Lipinski definition) is 2. The van der Waals surface area contributed by atoms with Crippen LogP contribution in [-0.4, -0.2) is 39.7 Å². The maximum absolute atomic E-state index is 13.4. The largest absolute Gasteiger partial charge is 0.354 e. The monoisotopic (exact) mass is 319 g/mol. The first-order chi connectivity index (χ1) is 11.1. The Kier molecular flexibility index (Phi) is 5.79. The highest BCUT2D eigenvalue weighted by atomic mass is 19.1. The lowest BCUT2D eigenvalue weighted by molar-refractivity contribution is -0.121. The van der Waals surface area contributed by atoms with Crippen molar-refractivity contribution in [2.24, 2.45) is 0 Å². The minimum absolute atomic E-state index is 0.0190. The van der Waals surface area contributed by atoms with Gasteiger partial charge in [0.05, 0.1) is 11.6 Å². The van der Waals surface area contributed by atoms with Gasteiger partial charge < -0.3 is 10.6 Å².